The summed E-state index contributed by atoms with van der Waals surface area (Å²) < 4.78 is 70.6. The zero-order valence-electron chi connectivity index (χ0n) is 50.9. The van der Waals surface area contributed by atoms with Gasteiger partial charge in [-0.3, -0.25) is 9.59 Å². The monoisotopic (exact) mass is 1270 g/mol. The number of ether oxygens (including phenoxy) is 12. The van der Waals surface area contributed by atoms with Gasteiger partial charge >= 0.3 is 11.9 Å². The summed E-state index contributed by atoms with van der Waals surface area (Å²) >= 11 is 0. The molecule has 5 aliphatic carbocycles. The third-order valence-electron chi connectivity index (χ3n) is 23.0. The molecule has 5 aliphatic heterocycles. The molecule has 0 aromatic heterocycles. The van der Waals surface area contributed by atoms with Gasteiger partial charge in [0.25, 0.3) is 0 Å². The second-order valence-corrected chi connectivity index (χ2v) is 28.2. The van der Waals surface area contributed by atoms with Gasteiger partial charge in [-0.15, -0.1) is 0 Å². The molecule has 88 heavy (non-hydrogen) atoms. The number of hydrogen-bond donors (Lipinski definition) is 15. The standard InChI is InChI=1S/C59H94O29/c1-24-41(84-46-40(72)42(28(64)20-79-46)85-50-44(73)57(76,21-61)23-81-50)37(69)39(71)47(82-24)86-43-34(66)27(63)19-80-49(43)88-52(75)58-14-13-53(2,3)15-26(58)25-9-10-31-54(4)16-29(77-7)45(87-48-38(70)36(68)35(67)30(18-60)83-48)59(22-62,51(74)78-8)32(54)11-12-55(31,5)56(25,6)17-33(58)65/h9,24,26-50,60-73,76H,10-23H2,1-8H3. The van der Waals surface area contributed by atoms with E-state index in [1.165, 1.54) is 21.1 Å². The van der Waals surface area contributed by atoms with Crippen molar-refractivity contribution in [3.05, 3.63) is 11.6 Å². The van der Waals surface area contributed by atoms with E-state index in [1.54, 1.807) is 0 Å². The van der Waals surface area contributed by atoms with Crippen LogP contribution in [0.25, 0.3) is 0 Å². The lowest BCUT2D eigenvalue weighted by Crippen LogP contribution is -2.72. The number of aliphatic hydroxyl groups excluding tert-OH is 14. The molecule has 29 nitrogen and oxygen atoms in total. The molecular formula is C59H94O29. The van der Waals surface area contributed by atoms with Crippen molar-refractivity contribution in [2.24, 2.45) is 50.2 Å². The number of rotatable bonds is 15. The van der Waals surface area contributed by atoms with Crippen molar-refractivity contribution in [3.8, 4) is 0 Å². The van der Waals surface area contributed by atoms with Crippen LogP contribution >= 0.6 is 0 Å². The lowest BCUT2D eigenvalue weighted by molar-refractivity contribution is -0.372. The summed E-state index contributed by atoms with van der Waals surface area (Å²) in [6.45, 7) is 7.94. The Morgan fingerprint density at radius 3 is 1.92 bits per heavy atom. The summed E-state index contributed by atoms with van der Waals surface area (Å²) in [5, 5.41) is 165. The van der Waals surface area contributed by atoms with Crippen LogP contribution in [0.15, 0.2) is 11.6 Å². The zero-order valence-corrected chi connectivity index (χ0v) is 50.9. The van der Waals surface area contributed by atoms with Crippen LogP contribution < -0.4 is 0 Å². The first-order valence-corrected chi connectivity index (χ1v) is 30.7. The van der Waals surface area contributed by atoms with Crippen LogP contribution in [0.1, 0.15) is 92.9 Å². The minimum Gasteiger partial charge on any atom is -0.468 e. The Bertz CT molecular complexity index is 2510. The highest BCUT2D eigenvalue weighted by Crippen LogP contribution is 2.76. The Labute approximate surface area is 509 Å². The molecule has 0 amide bonds. The Balaban J connectivity index is 0.884. The van der Waals surface area contributed by atoms with E-state index in [9.17, 15) is 81.4 Å². The van der Waals surface area contributed by atoms with E-state index in [0.717, 1.165) is 5.57 Å². The minimum absolute atomic E-state index is 0.0649. The van der Waals surface area contributed by atoms with Crippen LogP contribution in [0.2, 0.25) is 0 Å². The molecule has 29 heteroatoms. The van der Waals surface area contributed by atoms with Crippen LogP contribution in [0.5, 0.6) is 0 Å². The molecule has 504 valence electrons. The van der Waals surface area contributed by atoms with E-state index in [0.29, 0.717) is 32.1 Å². The lowest BCUT2D eigenvalue weighted by Gasteiger charge is -2.72. The molecule has 4 saturated carbocycles. The normalized spacial score (nSPS) is 53.6. The number of hydrogen-bond acceptors (Lipinski definition) is 29. The van der Waals surface area contributed by atoms with E-state index in [-0.39, 0.29) is 30.6 Å². The van der Waals surface area contributed by atoms with Gasteiger partial charge in [-0.1, -0.05) is 46.3 Å². The fourth-order valence-corrected chi connectivity index (χ4v) is 17.7. The number of allylic oxidation sites excluding steroid dienone is 2. The fraction of sp³-hybridized carbons (Fsp3) is 0.932. The fourth-order valence-electron chi connectivity index (χ4n) is 17.7. The highest BCUT2D eigenvalue weighted by molar-refractivity contribution is 5.80. The summed E-state index contributed by atoms with van der Waals surface area (Å²) in [4.78, 5) is 30.1. The van der Waals surface area contributed by atoms with E-state index < -0.39 is 237 Å². The molecule has 5 saturated heterocycles. The molecular weight excluding hydrogens is 1170 g/mol. The maximum absolute atomic E-state index is 15.5. The molecule has 10 aliphatic rings. The van der Waals surface area contributed by atoms with Crippen LogP contribution in [0.3, 0.4) is 0 Å². The zero-order chi connectivity index (χ0) is 64.3. The number of fused-ring (bicyclic) bond motifs is 7. The average molecular weight is 1270 g/mol. The quantitative estimate of drug-likeness (QED) is 0.0417. The molecule has 0 aromatic carbocycles. The smallest absolute Gasteiger partial charge is 0.317 e. The van der Waals surface area contributed by atoms with Gasteiger partial charge in [0.05, 0.1) is 65.1 Å². The third kappa shape index (κ3) is 10.8. The SMILES string of the molecule is COC(=O)C1(CO)C(OC2OC(CO)C(O)C(O)C2O)C(OC)CC2(C)C1CCC1(C)C2CC=C2C3CC(C)(C)CCC3(C(=O)OC3OCC(O)C(O)C3OC3OC(C)C(OC4OCC(O)C(OC5OCC(O)(CO)C5O)C4O)C(O)C3O)C(O)CC21C. The van der Waals surface area contributed by atoms with Gasteiger partial charge in [0.2, 0.25) is 6.29 Å². The molecule has 9 fully saturated rings. The van der Waals surface area contributed by atoms with Gasteiger partial charge < -0.3 is 133 Å². The highest BCUT2D eigenvalue weighted by Gasteiger charge is 2.75. The van der Waals surface area contributed by atoms with Gasteiger partial charge in [0, 0.05) is 7.11 Å². The molecule has 0 spiro atoms. The van der Waals surface area contributed by atoms with Gasteiger partial charge in [-0.2, -0.15) is 0 Å². The van der Waals surface area contributed by atoms with Crippen molar-refractivity contribution in [1.82, 2.24) is 0 Å². The van der Waals surface area contributed by atoms with Crippen molar-refractivity contribution in [2.75, 3.05) is 53.9 Å². The van der Waals surface area contributed by atoms with Crippen molar-refractivity contribution in [3.63, 3.8) is 0 Å². The van der Waals surface area contributed by atoms with Crippen molar-refractivity contribution in [1.29, 1.82) is 0 Å². The van der Waals surface area contributed by atoms with Gasteiger partial charge in [0.15, 0.2) is 31.3 Å². The van der Waals surface area contributed by atoms with Crippen molar-refractivity contribution < 1.29 is 143 Å². The number of carbonyl (C=O) groups excluding carboxylic acids is 2. The number of methoxy groups -OCH3 is 2. The highest BCUT2D eigenvalue weighted by atomic mass is 16.8. The summed E-state index contributed by atoms with van der Waals surface area (Å²) in [5.74, 6) is -3.27. The van der Waals surface area contributed by atoms with E-state index in [1.807, 2.05) is 0 Å². The Kier molecular flexibility index (Phi) is 19.6. The predicted octanol–water partition coefficient (Wildman–Crippen LogP) is -4.54. The Morgan fingerprint density at radius 2 is 1.27 bits per heavy atom. The largest absolute Gasteiger partial charge is 0.468 e. The molecule has 10 rings (SSSR count). The maximum Gasteiger partial charge on any atom is 0.317 e. The van der Waals surface area contributed by atoms with Gasteiger partial charge in [0.1, 0.15) is 102 Å². The minimum atomic E-state index is -2.08. The van der Waals surface area contributed by atoms with Crippen LogP contribution in [-0.2, 0) is 66.4 Å². The molecule has 0 radical (unpaired) electrons. The molecule has 0 aromatic rings. The summed E-state index contributed by atoms with van der Waals surface area (Å²) in [6, 6.07) is 0. The summed E-state index contributed by atoms with van der Waals surface area (Å²) in [5.41, 5.74) is -7.31. The van der Waals surface area contributed by atoms with Gasteiger partial charge in [-0.25, -0.2) is 0 Å². The second kappa shape index (κ2) is 25.1. The first kappa shape index (κ1) is 68.5. The van der Waals surface area contributed by atoms with Crippen molar-refractivity contribution >= 4 is 11.9 Å². The number of esters is 2. The molecule has 0 bridgehead atoms. The molecule has 32 unspecified atom stereocenters. The van der Waals surface area contributed by atoms with Crippen LogP contribution in [0, 0.1) is 50.2 Å². The Hall–Kier alpha value is -2.32. The third-order valence-corrected chi connectivity index (χ3v) is 23.0. The lowest BCUT2D eigenvalue weighted by atomic mass is 9.33. The maximum atomic E-state index is 15.5. The van der Waals surface area contributed by atoms with Crippen LogP contribution in [0.4, 0.5) is 0 Å². The van der Waals surface area contributed by atoms with Crippen molar-refractivity contribution in [2.45, 2.75) is 240 Å². The van der Waals surface area contributed by atoms with E-state index in [2.05, 4.69) is 40.7 Å². The first-order valence-electron chi connectivity index (χ1n) is 30.7. The first-order chi connectivity index (χ1) is 41.3. The Morgan fingerprint density at radius 1 is 0.625 bits per heavy atom. The number of carbonyl (C=O) groups is 2. The van der Waals surface area contributed by atoms with Crippen LogP contribution in [-0.4, -0.2) is 289 Å². The molecule has 15 N–H and O–H groups in total. The predicted molar refractivity (Wildman–Crippen MR) is 291 cm³/mol. The second-order valence-electron chi connectivity index (χ2n) is 28.2. The summed E-state index contributed by atoms with van der Waals surface area (Å²) in [6.07, 6.45) is -32.7. The summed E-state index contributed by atoms with van der Waals surface area (Å²) in [7, 11) is 2.62. The molecule has 5 heterocycles. The van der Waals surface area contributed by atoms with Gasteiger partial charge in [-0.05, 0) is 97.7 Å². The number of aliphatic hydroxyl groups is 15. The van der Waals surface area contributed by atoms with E-state index in [4.69, 9.17) is 56.8 Å². The topological polar surface area (TPSA) is 448 Å². The molecule has 32 atom stereocenters. The van der Waals surface area contributed by atoms with E-state index >= 15 is 4.79 Å². The average Bonchev–Trinajstić information content (AvgIpc) is 0.701.